The van der Waals surface area contributed by atoms with Crippen molar-refractivity contribution >= 4 is 17.4 Å². The maximum Gasteiger partial charge on any atom is 0.138 e. The van der Waals surface area contributed by atoms with Gasteiger partial charge in [0, 0.05) is 12.4 Å². The van der Waals surface area contributed by atoms with E-state index in [4.69, 9.17) is 0 Å². The van der Waals surface area contributed by atoms with E-state index in [1.165, 1.54) is 0 Å². The van der Waals surface area contributed by atoms with E-state index in [1.54, 1.807) is 11.8 Å². The van der Waals surface area contributed by atoms with Crippen LogP contribution < -0.4 is 0 Å². The van der Waals surface area contributed by atoms with Crippen LogP contribution in [-0.2, 0) is 0 Å². The standard InChI is InChI=1S/C9H10N2S/c1-2-12-9-7-11-6-4-3-5-8(11)10-9/h3-7H,2H2,1H3. The Hall–Kier alpha value is -0.960. The summed E-state index contributed by atoms with van der Waals surface area (Å²) in [6.45, 7) is 2.13. The first-order valence-corrected chi connectivity index (χ1v) is 4.95. The number of nitrogens with zero attached hydrogens (tertiary/aromatic N) is 2. The monoisotopic (exact) mass is 178 g/mol. The van der Waals surface area contributed by atoms with Gasteiger partial charge in [-0.15, -0.1) is 11.8 Å². The van der Waals surface area contributed by atoms with Crippen molar-refractivity contribution in [3.05, 3.63) is 30.6 Å². The highest BCUT2D eigenvalue weighted by atomic mass is 32.2. The van der Waals surface area contributed by atoms with Crippen molar-refractivity contribution < 1.29 is 0 Å². The van der Waals surface area contributed by atoms with E-state index in [0.29, 0.717) is 0 Å². The van der Waals surface area contributed by atoms with Crippen LogP contribution in [0.15, 0.2) is 35.6 Å². The summed E-state index contributed by atoms with van der Waals surface area (Å²) >= 11 is 1.77. The van der Waals surface area contributed by atoms with Crippen molar-refractivity contribution in [2.24, 2.45) is 0 Å². The average Bonchev–Trinajstić information content (AvgIpc) is 2.47. The zero-order valence-electron chi connectivity index (χ0n) is 6.90. The maximum absolute atomic E-state index is 4.43. The van der Waals surface area contributed by atoms with Crippen LogP contribution in [0.25, 0.3) is 5.65 Å². The normalized spacial score (nSPS) is 10.8. The zero-order chi connectivity index (χ0) is 8.39. The summed E-state index contributed by atoms with van der Waals surface area (Å²) in [6.07, 6.45) is 4.07. The smallest absolute Gasteiger partial charge is 0.138 e. The fourth-order valence-corrected chi connectivity index (χ4v) is 1.77. The number of pyridine rings is 1. The minimum atomic E-state index is 1.02. The second-order valence-corrected chi connectivity index (χ2v) is 3.76. The molecule has 0 unspecified atom stereocenters. The van der Waals surface area contributed by atoms with E-state index >= 15 is 0 Å². The Kier molecular flexibility index (Phi) is 2.04. The molecule has 0 saturated carbocycles. The molecule has 0 saturated heterocycles. The molecule has 2 aromatic heterocycles. The first kappa shape index (κ1) is 7.68. The van der Waals surface area contributed by atoms with Gasteiger partial charge in [-0.1, -0.05) is 13.0 Å². The Morgan fingerprint density at radius 1 is 1.50 bits per heavy atom. The first-order valence-electron chi connectivity index (χ1n) is 3.96. The van der Waals surface area contributed by atoms with E-state index in [9.17, 15) is 0 Å². The van der Waals surface area contributed by atoms with E-state index < -0.39 is 0 Å². The fraction of sp³-hybridized carbons (Fsp3) is 0.222. The topological polar surface area (TPSA) is 17.3 Å². The van der Waals surface area contributed by atoms with Crippen LogP contribution >= 0.6 is 11.8 Å². The highest BCUT2D eigenvalue weighted by molar-refractivity contribution is 7.99. The highest BCUT2D eigenvalue weighted by Crippen LogP contribution is 2.16. The van der Waals surface area contributed by atoms with Gasteiger partial charge >= 0.3 is 0 Å². The fourth-order valence-electron chi connectivity index (χ4n) is 1.13. The van der Waals surface area contributed by atoms with Gasteiger partial charge in [0.05, 0.1) is 0 Å². The van der Waals surface area contributed by atoms with Crippen LogP contribution in [0.3, 0.4) is 0 Å². The number of imidazole rings is 1. The minimum Gasteiger partial charge on any atom is -0.306 e. The predicted molar refractivity (Wildman–Crippen MR) is 51.6 cm³/mol. The molecule has 0 fully saturated rings. The second-order valence-electron chi connectivity index (χ2n) is 2.48. The lowest BCUT2D eigenvalue weighted by Crippen LogP contribution is -1.77. The summed E-state index contributed by atoms with van der Waals surface area (Å²) in [6, 6.07) is 6.03. The zero-order valence-corrected chi connectivity index (χ0v) is 7.71. The lowest BCUT2D eigenvalue weighted by molar-refractivity contribution is 1.18. The summed E-state index contributed by atoms with van der Waals surface area (Å²) in [5, 5.41) is 1.10. The quantitative estimate of drug-likeness (QED) is 0.657. The molecule has 0 aliphatic heterocycles. The van der Waals surface area contributed by atoms with Crippen molar-refractivity contribution in [2.75, 3.05) is 5.75 Å². The summed E-state index contributed by atoms with van der Waals surface area (Å²) < 4.78 is 2.04. The van der Waals surface area contributed by atoms with Crippen molar-refractivity contribution in [3.63, 3.8) is 0 Å². The molecule has 2 aromatic rings. The first-order chi connectivity index (χ1) is 5.90. The van der Waals surface area contributed by atoms with E-state index in [2.05, 4.69) is 18.1 Å². The van der Waals surface area contributed by atoms with E-state index in [0.717, 1.165) is 16.4 Å². The molecule has 2 rings (SSSR count). The molecule has 3 heteroatoms. The number of thioether (sulfide) groups is 1. The molecule has 0 spiro atoms. The Balaban J connectivity index is 2.47. The molecule has 0 radical (unpaired) electrons. The number of aromatic nitrogens is 2. The van der Waals surface area contributed by atoms with Gasteiger partial charge in [-0.2, -0.15) is 0 Å². The molecule has 0 N–H and O–H groups in total. The van der Waals surface area contributed by atoms with E-state index in [1.807, 2.05) is 28.8 Å². The van der Waals surface area contributed by atoms with Crippen molar-refractivity contribution in [1.29, 1.82) is 0 Å². The molecule has 0 atom stereocenters. The van der Waals surface area contributed by atoms with Crippen LogP contribution in [0.4, 0.5) is 0 Å². The van der Waals surface area contributed by atoms with Crippen molar-refractivity contribution in [2.45, 2.75) is 11.9 Å². The van der Waals surface area contributed by atoms with Crippen molar-refractivity contribution in [3.8, 4) is 0 Å². The molecule has 62 valence electrons. The summed E-state index contributed by atoms with van der Waals surface area (Å²) in [5.41, 5.74) is 1.02. The van der Waals surface area contributed by atoms with Crippen LogP contribution in [0.1, 0.15) is 6.92 Å². The molecule has 2 nitrogen and oxygen atoms in total. The van der Waals surface area contributed by atoms with Gasteiger partial charge in [0.25, 0.3) is 0 Å². The third-order valence-electron chi connectivity index (χ3n) is 1.63. The second kappa shape index (κ2) is 3.19. The summed E-state index contributed by atoms with van der Waals surface area (Å²) in [4.78, 5) is 4.43. The Bertz CT molecular complexity index is 348. The molecular weight excluding hydrogens is 168 g/mol. The molecule has 0 bridgehead atoms. The maximum atomic E-state index is 4.43. The van der Waals surface area contributed by atoms with Gasteiger partial charge in [-0.05, 0) is 17.9 Å². The SMILES string of the molecule is CCSc1cn2ccccc2n1. The number of rotatable bonds is 2. The van der Waals surface area contributed by atoms with Gasteiger partial charge < -0.3 is 4.40 Å². The largest absolute Gasteiger partial charge is 0.306 e. The predicted octanol–water partition coefficient (Wildman–Crippen LogP) is 2.45. The third-order valence-corrected chi connectivity index (χ3v) is 2.42. The molecule has 0 aromatic carbocycles. The van der Waals surface area contributed by atoms with Gasteiger partial charge in [0.15, 0.2) is 0 Å². The van der Waals surface area contributed by atoms with Crippen molar-refractivity contribution in [1.82, 2.24) is 9.38 Å². The van der Waals surface area contributed by atoms with Gasteiger partial charge in [-0.3, -0.25) is 0 Å². The lowest BCUT2D eigenvalue weighted by Gasteiger charge is -1.86. The van der Waals surface area contributed by atoms with Gasteiger partial charge in [-0.25, -0.2) is 4.98 Å². The summed E-state index contributed by atoms with van der Waals surface area (Å²) in [7, 11) is 0. The average molecular weight is 178 g/mol. The number of hydrogen-bond acceptors (Lipinski definition) is 2. The Morgan fingerprint density at radius 3 is 3.17 bits per heavy atom. The number of hydrogen-bond donors (Lipinski definition) is 0. The Morgan fingerprint density at radius 2 is 2.42 bits per heavy atom. The van der Waals surface area contributed by atoms with Crippen LogP contribution in [0.2, 0.25) is 0 Å². The minimum absolute atomic E-state index is 1.02. The lowest BCUT2D eigenvalue weighted by atomic mass is 10.5. The van der Waals surface area contributed by atoms with Crippen LogP contribution in [-0.4, -0.2) is 15.1 Å². The molecule has 0 aliphatic rings. The molecular formula is C9H10N2S. The Labute approximate surface area is 75.6 Å². The molecule has 2 heterocycles. The third kappa shape index (κ3) is 1.32. The number of fused-ring (bicyclic) bond motifs is 1. The van der Waals surface area contributed by atoms with Crippen LogP contribution in [0, 0.1) is 0 Å². The van der Waals surface area contributed by atoms with Crippen LogP contribution in [0.5, 0.6) is 0 Å². The summed E-state index contributed by atoms with van der Waals surface area (Å²) in [5.74, 6) is 1.07. The molecule has 0 aliphatic carbocycles. The molecule has 0 amide bonds. The van der Waals surface area contributed by atoms with Gasteiger partial charge in [0.1, 0.15) is 10.7 Å². The highest BCUT2D eigenvalue weighted by Gasteiger charge is 1.98. The molecule has 12 heavy (non-hydrogen) atoms. The van der Waals surface area contributed by atoms with Gasteiger partial charge in [0.2, 0.25) is 0 Å². The van der Waals surface area contributed by atoms with E-state index in [-0.39, 0.29) is 0 Å².